The van der Waals surface area contributed by atoms with Gasteiger partial charge >= 0.3 is 0 Å². The number of amides is 1. The second kappa shape index (κ2) is 7.62. The predicted molar refractivity (Wildman–Crippen MR) is 88.3 cm³/mol. The molecule has 6 heteroatoms. The van der Waals surface area contributed by atoms with Gasteiger partial charge in [0.05, 0.1) is 5.02 Å². The summed E-state index contributed by atoms with van der Waals surface area (Å²) in [6.07, 6.45) is 4.67. The van der Waals surface area contributed by atoms with Crippen molar-refractivity contribution in [2.24, 2.45) is 5.92 Å². The van der Waals surface area contributed by atoms with Crippen LogP contribution in [-0.2, 0) is 0 Å². The van der Waals surface area contributed by atoms with E-state index in [-0.39, 0.29) is 23.3 Å². The second-order valence-corrected chi connectivity index (χ2v) is 6.45. The van der Waals surface area contributed by atoms with Crippen molar-refractivity contribution in [2.45, 2.75) is 31.7 Å². The standard InChI is InChI=1S/C16H20ClFN2O.ClH/c17-14-9-12(3-4-15(14)18)16(21)20-7-5-13(6-8-20)19-10-11-1-2-11;/h3-4,9,11,13,19H,1-2,5-8,10H2;1H. The molecule has 1 saturated carbocycles. The van der Waals surface area contributed by atoms with Gasteiger partial charge in [0.1, 0.15) is 5.82 Å². The van der Waals surface area contributed by atoms with Gasteiger partial charge in [-0.1, -0.05) is 11.6 Å². The molecule has 1 amide bonds. The molecule has 0 bridgehead atoms. The Labute approximate surface area is 141 Å². The van der Waals surface area contributed by atoms with E-state index in [4.69, 9.17) is 11.6 Å². The van der Waals surface area contributed by atoms with Crippen LogP contribution < -0.4 is 5.32 Å². The third kappa shape index (κ3) is 4.34. The number of carbonyl (C=O) groups excluding carboxylic acids is 1. The molecule has 1 aliphatic carbocycles. The summed E-state index contributed by atoms with van der Waals surface area (Å²) < 4.78 is 13.1. The molecule has 1 aromatic rings. The number of nitrogens with zero attached hydrogens (tertiary/aromatic N) is 1. The Morgan fingerprint density at radius 3 is 2.55 bits per heavy atom. The van der Waals surface area contributed by atoms with Crippen LogP contribution in [0, 0.1) is 11.7 Å². The van der Waals surface area contributed by atoms with Crippen molar-refractivity contribution in [3.63, 3.8) is 0 Å². The highest BCUT2D eigenvalue weighted by molar-refractivity contribution is 6.31. The van der Waals surface area contributed by atoms with Crippen molar-refractivity contribution in [3.05, 3.63) is 34.6 Å². The van der Waals surface area contributed by atoms with Gasteiger partial charge in [-0.05, 0) is 56.3 Å². The van der Waals surface area contributed by atoms with Crippen molar-refractivity contribution in [1.29, 1.82) is 0 Å². The van der Waals surface area contributed by atoms with Crippen molar-refractivity contribution in [2.75, 3.05) is 19.6 Å². The summed E-state index contributed by atoms with van der Waals surface area (Å²) in [5.41, 5.74) is 0.464. The van der Waals surface area contributed by atoms with Crippen molar-refractivity contribution in [3.8, 4) is 0 Å². The van der Waals surface area contributed by atoms with E-state index in [1.165, 1.54) is 31.0 Å². The summed E-state index contributed by atoms with van der Waals surface area (Å²) in [7, 11) is 0. The van der Waals surface area contributed by atoms with E-state index < -0.39 is 5.82 Å². The van der Waals surface area contributed by atoms with Crippen molar-refractivity contribution in [1.82, 2.24) is 10.2 Å². The number of benzene rings is 1. The smallest absolute Gasteiger partial charge is 0.253 e. The van der Waals surface area contributed by atoms with Gasteiger partial charge < -0.3 is 10.2 Å². The van der Waals surface area contributed by atoms with Crippen LogP contribution >= 0.6 is 24.0 Å². The fourth-order valence-corrected chi connectivity index (χ4v) is 2.93. The van der Waals surface area contributed by atoms with Crippen LogP contribution in [0.15, 0.2) is 18.2 Å². The largest absolute Gasteiger partial charge is 0.339 e. The Hall–Kier alpha value is -0.840. The molecule has 2 aliphatic rings. The molecule has 1 N–H and O–H groups in total. The van der Waals surface area contributed by atoms with E-state index in [9.17, 15) is 9.18 Å². The summed E-state index contributed by atoms with van der Waals surface area (Å²) in [4.78, 5) is 14.2. The minimum absolute atomic E-state index is 0. The molecule has 122 valence electrons. The zero-order chi connectivity index (χ0) is 14.8. The molecule has 2 fully saturated rings. The lowest BCUT2D eigenvalue weighted by Gasteiger charge is -2.32. The highest BCUT2D eigenvalue weighted by Crippen LogP contribution is 2.28. The normalized spacial score (nSPS) is 18.9. The number of piperidine rings is 1. The van der Waals surface area contributed by atoms with E-state index in [1.807, 2.05) is 4.90 Å². The van der Waals surface area contributed by atoms with E-state index in [2.05, 4.69) is 5.32 Å². The van der Waals surface area contributed by atoms with Gasteiger partial charge in [0.2, 0.25) is 0 Å². The summed E-state index contributed by atoms with van der Waals surface area (Å²) in [6, 6.07) is 4.68. The van der Waals surface area contributed by atoms with E-state index >= 15 is 0 Å². The van der Waals surface area contributed by atoms with Crippen LogP contribution in [0.3, 0.4) is 0 Å². The lowest BCUT2D eigenvalue weighted by molar-refractivity contribution is 0.0705. The average Bonchev–Trinajstić information content (AvgIpc) is 3.32. The summed E-state index contributed by atoms with van der Waals surface area (Å²) in [5, 5.41) is 3.59. The number of hydrogen-bond acceptors (Lipinski definition) is 2. The molecule has 22 heavy (non-hydrogen) atoms. The molecule has 3 nitrogen and oxygen atoms in total. The maximum atomic E-state index is 13.1. The lowest BCUT2D eigenvalue weighted by Crippen LogP contribution is -2.45. The van der Waals surface area contributed by atoms with Crippen LogP contribution in [0.2, 0.25) is 5.02 Å². The first-order valence-electron chi connectivity index (χ1n) is 7.61. The second-order valence-electron chi connectivity index (χ2n) is 6.05. The number of carbonyl (C=O) groups is 1. The van der Waals surface area contributed by atoms with Crippen LogP contribution in [0.4, 0.5) is 4.39 Å². The number of likely N-dealkylation sites (tertiary alicyclic amines) is 1. The Morgan fingerprint density at radius 2 is 1.95 bits per heavy atom. The summed E-state index contributed by atoms with van der Waals surface area (Å²) in [5.74, 6) is 0.333. The van der Waals surface area contributed by atoms with Crippen LogP contribution in [0.5, 0.6) is 0 Å². The lowest BCUT2D eigenvalue weighted by atomic mass is 10.0. The molecule has 0 aromatic heterocycles. The Morgan fingerprint density at radius 1 is 1.27 bits per heavy atom. The zero-order valence-corrected chi connectivity index (χ0v) is 13.9. The van der Waals surface area contributed by atoms with Gasteiger partial charge in [0, 0.05) is 24.7 Å². The monoisotopic (exact) mass is 346 g/mol. The Bertz CT molecular complexity index is 529. The number of nitrogens with one attached hydrogen (secondary N) is 1. The Kier molecular flexibility index (Phi) is 6.07. The van der Waals surface area contributed by atoms with Crippen LogP contribution in [0.1, 0.15) is 36.0 Å². The third-order valence-corrected chi connectivity index (χ3v) is 4.63. The summed E-state index contributed by atoms with van der Waals surface area (Å²) in [6.45, 7) is 2.61. The third-order valence-electron chi connectivity index (χ3n) is 4.34. The summed E-state index contributed by atoms with van der Waals surface area (Å²) >= 11 is 5.74. The van der Waals surface area contributed by atoms with Crippen LogP contribution in [-0.4, -0.2) is 36.5 Å². The molecule has 3 rings (SSSR count). The fourth-order valence-electron chi connectivity index (χ4n) is 2.75. The van der Waals surface area contributed by atoms with Gasteiger partial charge in [-0.15, -0.1) is 12.4 Å². The first-order chi connectivity index (χ1) is 10.1. The van der Waals surface area contributed by atoms with Crippen molar-refractivity contribution >= 4 is 29.9 Å². The van der Waals surface area contributed by atoms with Gasteiger partial charge in [0.25, 0.3) is 5.91 Å². The zero-order valence-electron chi connectivity index (χ0n) is 12.4. The number of rotatable bonds is 4. The van der Waals surface area contributed by atoms with E-state index in [0.717, 1.165) is 38.4 Å². The van der Waals surface area contributed by atoms with E-state index in [0.29, 0.717) is 11.6 Å². The molecule has 0 atom stereocenters. The fraction of sp³-hybridized carbons (Fsp3) is 0.562. The van der Waals surface area contributed by atoms with Crippen molar-refractivity contribution < 1.29 is 9.18 Å². The first-order valence-corrected chi connectivity index (χ1v) is 7.99. The topological polar surface area (TPSA) is 32.3 Å². The SMILES string of the molecule is Cl.O=C(c1ccc(F)c(Cl)c1)N1CCC(NCC2CC2)CC1. The molecule has 1 saturated heterocycles. The predicted octanol–water partition coefficient (Wildman–Crippen LogP) is 3.51. The van der Waals surface area contributed by atoms with Gasteiger partial charge in [-0.2, -0.15) is 0 Å². The molecule has 1 aromatic carbocycles. The van der Waals surface area contributed by atoms with Gasteiger partial charge in [-0.3, -0.25) is 4.79 Å². The van der Waals surface area contributed by atoms with Crippen LogP contribution in [0.25, 0.3) is 0 Å². The molecular weight excluding hydrogens is 326 g/mol. The molecule has 1 aliphatic heterocycles. The van der Waals surface area contributed by atoms with E-state index in [1.54, 1.807) is 0 Å². The first kappa shape index (κ1) is 17.5. The molecule has 1 heterocycles. The highest BCUT2D eigenvalue weighted by atomic mass is 35.5. The number of halogens is 3. The highest BCUT2D eigenvalue weighted by Gasteiger charge is 2.26. The Balaban J connectivity index is 0.00000176. The minimum atomic E-state index is -0.490. The molecule has 0 radical (unpaired) electrons. The number of hydrogen-bond donors (Lipinski definition) is 1. The van der Waals surface area contributed by atoms with Gasteiger partial charge in [-0.25, -0.2) is 4.39 Å². The maximum Gasteiger partial charge on any atom is 0.253 e. The minimum Gasteiger partial charge on any atom is -0.339 e. The van der Waals surface area contributed by atoms with Gasteiger partial charge in [0.15, 0.2) is 0 Å². The molecular formula is C16H21Cl2FN2O. The average molecular weight is 347 g/mol. The quantitative estimate of drug-likeness (QED) is 0.904. The molecule has 0 spiro atoms. The molecule has 0 unspecified atom stereocenters. The maximum absolute atomic E-state index is 13.1.